The average molecular weight is 432 g/mol. The van der Waals surface area contributed by atoms with E-state index in [1.807, 2.05) is 49.5 Å². The molecule has 6 heteroatoms. The van der Waals surface area contributed by atoms with Crippen LogP contribution in [-0.4, -0.2) is 17.8 Å². The van der Waals surface area contributed by atoms with Gasteiger partial charge in [-0.1, -0.05) is 60.7 Å². The molecule has 3 aromatic carbocycles. The molecule has 0 saturated heterocycles. The molecule has 158 valence electrons. The molecule has 1 heterocycles. The molecule has 0 bridgehead atoms. The van der Waals surface area contributed by atoms with Crippen LogP contribution < -0.4 is 9.05 Å². The van der Waals surface area contributed by atoms with E-state index in [9.17, 15) is 4.57 Å². The van der Waals surface area contributed by atoms with E-state index in [1.54, 1.807) is 24.3 Å². The summed E-state index contributed by atoms with van der Waals surface area (Å²) in [5.41, 5.74) is 2.57. The van der Waals surface area contributed by atoms with Gasteiger partial charge in [0.2, 0.25) is 0 Å². The number of hydrogen-bond donors (Lipinski definition) is 0. The van der Waals surface area contributed by atoms with E-state index >= 15 is 0 Å². The Balaban J connectivity index is 1.53. The van der Waals surface area contributed by atoms with Crippen molar-refractivity contribution >= 4 is 13.6 Å². The van der Waals surface area contributed by atoms with E-state index in [4.69, 9.17) is 9.05 Å². The summed E-state index contributed by atoms with van der Waals surface area (Å²) < 4.78 is 30.3. The Kier molecular flexibility index (Phi) is 5.29. The van der Waals surface area contributed by atoms with Crippen molar-refractivity contribution in [3.8, 4) is 11.5 Å². The van der Waals surface area contributed by atoms with E-state index in [2.05, 4.69) is 27.9 Å². The summed E-state index contributed by atoms with van der Waals surface area (Å²) in [7, 11) is -1.84. The fraction of sp³-hybridized carbons (Fsp3) is 0.240. The molecular weight excluding hydrogens is 407 g/mol. The molecule has 0 aromatic heterocycles. The first-order valence-electron chi connectivity index (χ1n) is 10.6. The molecule has 3 aromatic rings. The van der Waals surface area contributed by atoms with Crippen molar-refractivity contribution in [3.63, 3.8) is 0 Å². The first-order chi connectivity index (χ1) is 15.1. The highest BCUT2D eigenvalue weighted by Crippen LogP contribution is 2.52. The first kappa shape index (κ1) is 19.9. The number of rotatable bonds is 6. The Labute approximate surface area is 182 Å². The molecule has 1 unspecified atom stereocenters. The van der Waals surface area contributed by atoms with Crippen LogP contribution in [0.25, 0.3) is 0 Å². The molecule has 31 heavy (non-hydrogen) atoms. The maximum atomic E-state index is 13.9. The van der Waals surface area contributed by atoms with Crippen molar-refractivity contribution in [2.75, 3.05) is 7.05 Å². The molecule has 0 amide bonds. The van der Waals surface area contributed by atoms with E-state index < -0.39 is 7.75 Å². The van der Waals surface area contributed by atoms with Crippen LogP contribution in [0.4, 0.5) is 0 Å². The maximum Gasteiger partial charge on any atom is 0.564 e. The summed E-state index contributed by atoms with van der Waals surface area (Å²) in [5.74, 6) is 2.25. The molecule has 0 radical (unpaired) electrons. The van der Waals surface area contributed by atoms with Gasteiger partial charge in [-0.3, -0.25) is 0 Å². The lowest BCUT2D eigenvalue weighted by Crippen LogP contribution is -2.38. The minimum atomic E-state index is -3.87. The number of fused-ring (bicyclic) bond motifs is 1. The van der Waals surface area contributed by atoms with E-state index in [1.165, 1.54) is 24.0 Å². The third-order valence-electron chi connectivity index (χ3n) is 5.78. The van der Waals surface area contributed by atoms with Crippen molar-refractivity contribution < 1.29 is 13.6 Å². The van der Waals surface area contributed by atoms with Crippen LogP contribution in [0.2, 0.25) is 0 Å². The monoisotopic (exact) mass is 432 g/mol. The quantitative estimate of drug-likeness (QED) is 0.430. The van der Waals surface area contributed by atoms with Crippen LogP contribution in [-0.2, 0) is 11.0 Å². The lowest BCUT2D eigenvalue weighted by Gasteiger charge is -2.37. The van der Waals surface area contributed by atoms with Crippen molar-refractivity contribution in [1.82, 2.24) is 4.90 Å². The second-order valence-electron chi connectivity index (χ2n) is 8.06. The average Bonchev–Trinajstić information content (AvgIpc) is 3.61. The number of benzene rings is 3. The van der Waals surface area contributed by atoms with Crippen molar-refractivity contribution in [1.29, 1.82) is 0 Å². The van der Waals surface area contributed by atoms with Crippen LogP contribution in [0.15, 0.2) is 89.7 Å². The Hall–Kier alpha value is -3.04. The standard InChI is InChI=1S/C25H25N2O3P/c1-27-24(18-20-10-8-9-15-23(20)25(27)19-16-17-19)26-31(28,29-21-11-4-2-5-12-21)30-22-13-6-3-7-14-22/h2-15,19,25H,16-18H2,1H3/b26-24-. The molecule has 1 saturated carbocycles. The predicted octanol–water partition coefficient (Wildman–Crippen LogP) is 6.29. The first-order valence-corrected chi connectivity index (χ1v) is 12.1. The molecule has 5 rings (SSSR count). The summed E-state index contributed by atoms with van der Waals surface area (Å²) in [6.45, 7) is 0. The molecule has 1 atom stereocenters. The van der Waals surface area contributed by atoms with Gasteiger partial charge in [-0.25, -0.2) is 4.57 Å². The molecule has 0 spiro atoms. The van der Waals surface area contributed by atoms with E-state index in [0.717, 1.165) is 5.84 Å². The minimum Gasteiger partial charge on any atom is -0.399 e. The summed E-state index contributed by atoms with van der Waals surface area (Å²) >= 11 is 0. The second-order valence-corrected chi connectivity index (χ2v) is 9.56. The van der Waals surface area contributed by atoms with Gasteiger partial charge in [0.1, 0.15) is 17.3 Å². The van der Waals surface area contributed by atoms with Crippen LogP contribution in [0.5, 0.6) is 11.5 Å². The van der Waals surface area contributed by atoms with E-state index in [-0.39, 0.29) is 6.04 Å². The zero-order valence-electron chi connectivity index (χ0n) is 17.4. The van der Waals surface area contributed by atoms with Crippen molar-refractivity contribution in [2.24, 2.45) is 10.7 Å². The largest absolute Gasteiger partial charge is 0.564 e. The van der Waals surface area contributed by atoms with Gasteiger partial charge in [0.05, 0.1) is 6.04 Å². The Morgan fingerprint density at radius 3 is 1.97 bits per heavy atom. The minimum absolute atomic E-state index is 0.241. The topological polar surface area (TPSA) is 51.1 Å². The summed E-state index contributed by atoms with van der Waals surface area (Å²) in [6, 6.07) is 26.8. The smallest absolute Gasteiger partial charge is 0.399 e. The van der Waals surface area contributed by atoms with Gasteiger partial charge < -0.3 is 13.9 Å². The molecule has 1 aliphatic heterocycles. The molecule has 0 N–H and O–H groups in total. The third kappa shape index (κ3) is 4.38. The number of para-hydroxylation sites is 2. The summed E-state index contributed by atoms with van der Waals surface area (Å²) in [4.78, 5) is 2.16. The SMILES string of the molecule is CN1/C(=N\P(=O)(Oc2ccccc2)Oc2ccccc2)Cc2ccccc2C1C1CC1. The highest BCUT2D eigenvalue weighted by Gasteiger charge is 2.41. The van der Waals surface area contributed by atoms with Gasteiger partial charge in [-0.15, -0.1) is 4.76 Å². The van der Waals surface area contributed by atoms with Crippen molar-refractivity contribution in [2.45, 2.75) is 25.3 Å². The lowest BCUT2D eigenvalue weighted by atomic mass is 9.90. The fourth-order valence-corrected chi connectivity index (χ4v) is 5.56. The second kappa shape index (κ2) is 8.24. The van der Waals surface area contributed by atoms with Crippen LogP contribution in [0.1, 0.15) is 30.0 Å². The summed E-state index contributed by atoms with van der Waals surface area (Å²) in [6.07, 6.45) is 3.00. The van der Waals surface area contributed by atoms with Gasteiger partial charge >= 0.3 is 7.75 Å². The van der Waals surface area contributed by atoms with Gasteiger partial charge in [0, 0.05) is 13.5 Å². The van der Waals surface area contributed by atoms with Crippen LogP contribution in [0, 0.1) is 5.92 Å². The number of nitrogens with zero attached hydrogens (tertiary/aromatic N) is 2. The molecule has 2 aliphatic rings. The van der Waals surface area contributed by atoms with Gasteiger partial charge in [0.15, 0.2) is 0 Å². The molecule has 1 fully saturated rings. The Morgan fingerprint density at radius 2 is 1.39 bits per heavy atom. The van der Waals surface area contributed by atoms with Crippen LogP contribution >= 0.6 is 7.75 Å². The highest BCUT2D eigenvalue weighted by atomic mass is 31.2. The normalized spacial score (nSPS) is 19.7. The maximum absolute atomic E-state index is 13.9. The van der Waals surface area contributed by atoms with Gasteiger partial charge in [-0.2, -0.15) is 0 Å². The Morgan fingerprint density at radius 1 is 0.839 bits per heavy atom. The predicted molar refractivity (Wildman–Crippen MR) is 123 cm³/mol. The van der Waals surface area contributed by atoms with E-state index in [0.29, 0.717) is 23.8 Å². The molecular formula is C25H25N2O3P. The summed E-state index contributed by atoms with van der Waals surface area (Å²) in [5, 5.41) is 0. The van der Waals surface area contributed by atoms with Crippen LogP contribution in [0.3, 0.4) is 0 Å². The molecule has 5 nitrogen and oxygen atoms in total. The Bertz CT molecular complexity index is 1080. The third-order valence-corrected chi connectivity index (χ3v) is 7.14. The zero-order chi connectivity index (χ0) is 21.3. The van der Waals surface area contributed by atoms with Crippen molar-refractivity contribution in [3.05, 3.63) is 96.1 Å². The fourth-order valence-electron chi connectivity index (χ4n) is 4.17. The van der Waals surface area contributed by atoms with Gasteiger partial charge in [0.25, 0.3) is 0 Å². The zero-order valence-corrected chi connectivity index (χ0v) is 18.3. The number of hydrogen-bond acceptors (Lipinski definition) is 3. The van der Waals surface area contributed by atoms with Gasteiger partial charge in [-0.05, 0) is 54.2 Å². The lowest BCUT2D eigenvalue weighted by molar-refractivity contribution is 0.319. The number of likely N-dealkylation sites (N-methyl/N-ethyl adjacent to an activating group) is 1. The number of amidine groups is 1. The molecule has 1 aliphatic carbocycles. The highest BCUT2D eigenvalue weighted by molar-refractivity contribution is 7.53.